The number of nitrogens with zero attached hydrogens (tertiary/aromatic N) is 1. The van der Waals surface area contributed by atoms with Gasteiger partial charge in [0.2, 0.25) is 0 Å². The third kappa shape index (κ3) is 2.11. The molecule has 1 aromatic carbocycles. The molecule has 0 heterocycles. The second-order valence-electron chi connectivity index (χ2n) is 3.14. The minimum atomic E-state index is -0.353. The van der Waals surface area contributed by atoms with Gasteiger partial charge in [-0.1, -0.05) is 0 Å². The first-order valence-electron chi connectivity index (χ1n) is 4.24. The van der Waals surface area contributed by atoms with Crippen molar-refractivity contribution in [2.24, 2.45) is 0 Å². The van der Waals surface area contributed by atoms with Crippen LogP contribution < -0.4 is 4.74 Å². The van der Waals surface area contributed by atoms with E-state index in [0.29, 0.717) is 11.3 Å². The molecule has 0 atom stereocenters. The third-order valence-corrected chi connectivity index (χ3v) is 1.88. The predicted molar refractivity (Wildman–Crippen MR) is 51.9 cm³/mol. The van der Waals surface area contributed by atoms with E-state index < -0.39 is 0 Å². The van der Waals surface area contributed by atoms with E-state index in [1.165, 1.54) is 6.92 Å². The summed E-state index contributed by atoms with van der Waals surface area (Å²) >= 11 is 0. The van der Waals surface area contributed by atoms with E-state index in [2.05, 4.69) is 6.07 Å². The molecule has 0 aliphatic rings. The lowest BCUT2D eigenvalue weighted by Crippen LogP contribution is -2.02. The largest absolute Gasteiger partial charge is 0.427 e. The van der Waals surface area contributed by atoms with Crippen LogP contribution in [0.2, 0.25) is 0 Å². The van der Waals surface area contributed by atoms with Crippen LogP contribution in [0.15, 0.2) is 12.1 Å². The fourth-order valence-electron chi connectivity index (χ4n) is 1.33. The van der Waals surface area contributed by atoms with Gasteiger partial charge in [0, 0.05) is 6.92 Å². The molecule has 0 spiro atoms. The molecule has 0 bridgehead atoms. The summed E-state index contributed by atoms with van der Waals surface area (Å²) in [5, 5.41) is 8.81. The Balaban J connectivity index is 3.15. The number of nitriles is 1. The molecule has 1 aromatic rings. The van der Waals surface area contributed by atoms with E-state index >= 15 is 0 Å². The molecule has 0 unspecified atom stereocenters. The van der Waals surface area contributed by atoms with Crippen LogP contribution >= 0.6 is 0 Å². The fraction of sp³-hybridized carbons (Fsp3) is 0.273. The highest BCUT2D eigenvalue weighted by Crippen LogP contribution is 2.21. The van der Waals surface area contributed by atoms with Crippen LogP contribution in [0.3, 0.4) is 0 Å². The van der Waals surface area contributed by atoms with Crippen LogP contribution in [0.4, 0.5) is 0 Å². The van der Waals surface area contributed by atoms with Gasteiger partial charge in [0.1, 0.15) is 5.75 Å². The first-order chi connectivity index (χ1) is 6.54. The number of aryl methyl sites for hydroxylation is 2. The number of rotatable bonds is 1. The van der Waals surface area contributed by atoms with E-state index in [1.54, 1.807) is 12.1 Å². The van der Waals surface area contributed by atoms with Crippen molar-refractivity contribution in [3.63, 3.8) is 0 Å². The van der Waals surface area contributed by atoms with E-state index in [4.69, 9.17) is 10.00 Å². The molecule has 0 aliphatic heterocycles. The highest BCUT2D eigenvalue weighted by atomic mass is 16.5. The maximum Gasteiger partial charge on any atom is 0.308 e. The molecule has 72 valence electrons. The molecule has 3 heteroatoms. The van der Waals surface area contributed by atoms with Crippen LogP contribution in [0, 0.1) is 25.2 Å². The lowest BCUT2D eigenvalue weighted by Gasteiger charge is -2.06. The summed E-state index contributed by atoms with van der Waals surface area (Å²) in [4.78, 5) is 10.7. The topological polar surface area (TPSA) is 50.1 Å². The molecular formula is C11H11NO2. The van der Waals surface area contributed by atoms with Crippen molar-refractivity contribution in [2.75, 3.05) is 0 Å². The Hall–Kier alpha value is -1.82. The molecule has 14 heavy (non-hydrogen) atoms. The zero-order chi connectivity index (χ0) is 10.7. The quantitative estimate of drug-likeness (QED) is 0.502. The molecule has 3 nitrogen and oxygen atoms in total. The molecule has 0 N–H and O–H groups in total. The second-order valence-corrected chi connectivity index (χ2v) is 3.14. The number of hydrogen-bond donors (Lipinski definition) is 0. The fourth-order valence-corrected chi connectivity index (χ4v) is 1.33. The first-order valence-corrected chi connectivity index (χ1v) is 4.24. The van der Waals surface area contributed by atoms with Gasteiger partial charge in [0.15, 0.2) is 0 Å². The van der Waals surface area contributed by atoms with Crippen molar-refractivity contribution in [2.45, 2.75) is 20.8 Å². The average Bonchev–Trinajstić information content (AvgIpc) is 2.01. The first kappa shape index (κ1) is 10.3. The Morgan fingerprint density at radius 2 is 1.86 bits per heavy atom. The molecule has 0 amide bonds. The molecular weight excluding hydrogens is 178 g/mol. The Bertz CT molecular complexity index is 393. The van der Waals surface area contributed by atoms with Gasteiger partial charge < -0.3 is 4.74 Å². The van der Waals surface area contributed by atoms with Gasteiger partial charge in [-0.2, -0.15) is 5.26 Å². The summed E-state index contributed by atoms with van der Waals surface area (Å²) in [5.74, 6) is 0.139. The second kappa shape index (κ2) is 3.93. The number of carbonyl (C=O) groups is 1. The lowest BCUT2D eigenvalue weighted by atomic mass is 10.0. The number of hydrogen-bond acceptors (Lipinski definition) is 3. The summed E-state index contributed by atoms with van der Waals surface area (Å²) < 4.78 is 4.93. The van der Waals surface area contributed by atoms with Crippen molar-refractivity contribution in [1.82, 2.24) is 0 Å². The van der Waals surface area contributed by atoms with Crippen LogP contribution in [-0.2, 0) is 4.79 Å². The van der Waals surface area contributed by atoms with Gasteiger partial charge in [-0.05, 0) is 37.1 Å². The summed E-state index contributed by atoms with van der Waals surface area (Å²) in [6.07, 6.45) is 0. The smallest absolute Gasteiger partial charge is 0.308 e. The van der Waals surface area contributed by atoms with Gasteiger partial charge in [-0.15, -0.1) is 0 Å². The van der Waals surface area contributed by atoms with Crippen LogP contribution in [0.25, 0.3) is 0 Å². The molecule has 0 aliphatic carbocycles. The summed E-state index contributed by atoms with van der Waals surface area (Å²) in [7, 11) is 0. The highest BCUT2D eigenvalue weighted by molar-refractivity contribution is 5.69. The van der Waals surface area contributed by atoms with Crippen LogP contribution in [0.1, 0.15) is 23.6 Å². The van der Waals surface area contributed by atoms with Gasteiger partial charge in [-0.25, -0.2) is 0 Å². The van der Waals surface area contributed by atoms with Crippen molar-refractivity contribution in [3.05, 3.63) is 28.8 Å². The number of carbonyl (C=O) groups excluding carboxylic acids is 1. The lowest BCUT2D eigenvalue weighted by molar-refractivity contribution is -0.131. The highest BCUT2D eigenvalue weighted by Gasteiger charge is 2.06. The van der Waals surface area contributed by atoms with E-state index in [1.807, 2.05) is 13.8 Å². The van der Waals surface area contributed by atoms with Gasteiger partial charge in [0.05, 0.1) is 11.6 Å². The number of benzene rings is 1. The Kier molecular flexibility index (Phi) is 2.88. The van der Waals surface area contributed by atoms with Crippen molar-refractivity contribution in [1.29, 1.82) is 5.26 Å². The number of esters is 1. The van der Waals surface area contributed by atoms with Gasteiger partial charge in [0.25, 0.3) is 0 Å². The zero-order valence-corrected chi connectivity index (χ0v) is 8.42. The van der Waals surface area contributed by atoms with E-state index in [0.717, 1.165) is 11.1 Å². The minimum Gasteiger partial charge on any atom is -0.427 e. The van der Waals surface area contributed by atoms with Crippen molar-refractivity contribution < 1.29 is 9.53 Å². The average molecular weight is 189 g/mol. The van der Waals surface area contributed by atoms with Crippen LogP contribution in [0.5, 0.6) is 5.75 Å². The summed E-state index contributed by atoms with van der Waals surface area (Å²) in [6, 6.07) is 5.48. The third-order valence-electron chi connectivity index (χ3n) is 1.88. The molecule has 0 saturated heterocycles. The molecule has 0 radical (unpaired) electrons. The van der Waals surface area contributed by atoms with Gasteiger partial charge in [-0.3, -0.25) is 4.79 Å². The predicted octanol–water partition coefficient (Wildman–Crippen LogP) is 2.10. The molecule has 0 aromatic heterocycles. The maximum absolute atomic E-state index is 10.7. The Morgan fingerprint density at radius 3 is 2.21 bits per heavy atom. The van der Waals surface area contributed by atoms with E-state index in [9.17, 15) is 4.79 Å². The Morgan fingerprint density at radius 1 is 1.36 bits per heavy atom. The molecule has 0 fully saturated rings. The summed E-state index contributed by atoms with van der Waals surface area (Å²) in [5.41, 5.74) is 2.29. The monoisotopic (exact) mass is 189 g/mol. The van der Waals surface area contributed by atoms with Crippen molar-refractivity contribution in [3.8, 4) is 11.8 Å². The van der Waals surface area contributed by atoms with Crippen LogP contribution in [-0.4, -0.2) is 5.97 Å². The molecule has 0 saturated carbocycles. The Labute approximate surface area is 82.9 Å². The number of ether oxygens (including phenoxy) is 1. The molecule has 1 rings (SSSR count). The normalized spacial score (nSPS) is 9.29. The van der Waals surface area contributed by atoms with Crippen molar-refractivity contribution >= 4 is 5.97 Å². The minimum absolute atomic E-state index is 0.353. The zero-order valence-electron chi connectivity index (χ0n) is 8.42. The van der Waals surface area contributed by atoms with Gasteiger partial charge >= 0.3 is 5.97 Å². The SMILES string of the molecule is CC(=O)Oc1cc(C)c(C#N)c(C)c1. The standard InChI is InChI=1S/C11H11NO2/c1-7-4-10(14-9(3)13)5-8(2)11(7)6-12/h4-5H,1-3H3. The maximum atomic E-state index is 10.7. The van der Waals surface area contributed by atoms with E-state index in [-0.39, 0.29) is 5.97 Å². The summed E-state index contributed by atoms with van der Waals surface area (Å²) in [6.45, 7) is 4.99.